The van der Waals surface area contributed by atoms with E-state index in [-0.39, 0.29) is 24.3 Å². The summed E-state index contributed by atoms with van der Waals surface area (Å²) in [5, 5.41) is 3.48. The van der Waals surface area contributed by atoms with Crippen LogP contribution in [0.25, 0.3) is 0 Å². The van der Waals surface area contributed by atoms with Crippen molar-refractivity contribution in [3.63, 3.8) is 0 Å². The molecule has 0 spiro atoms. The predicted molar refractivity (Wildman–Crippen MR) is 92.7 cm³/mol. The van der Waals surface area contributed by atoms with Crippen LogP contribution >= 0.6 is 11.6 Å². The number of benzene rings is 1. The van der Waals surface area contributed by atoms with Gasteiger partial charge in [0.05, 0.1) is 23.8 Å². The molecular formula is C18H18ClN3O2. The number of rotatable bonds is 3. The lowest BCUT2D eigenvalue weighted by Gasteiger charge is -2.25. The van der Waals surface area contributed by atoms with Crippen LogP contribution < -0.4 is 5.32 Å². The molecule has 2 heterocycles. The van der Waals surface area contributed by atoms with Crippen molar-refractivity contribution in [1.82, 2.24) is 9.88 Å². The number of pyridine rings is 1. The predicted octanol–water partition coefficient (Wildman–Crippen LogP) is 3.20. The average Bonchev–Trinajstić information content (AvgIpc) is 2.85. The highest BCUT2D eigenvalue weighted by Gasteiger charge is 2.42. The molecule has 0 unspecified atom stereocenters. The van der Waals surface area contributed by atoms with Gasteiger partial charge in [0.15, 0.2) is 0 Å². The van der Waals surface area contributed by atoms with Crippen molar-refractivity contribution in [2.24, 2.45) is 5.92 Å². The van der Waals surface area contributed by atoms with Gasteiger partial charge in [0, 0.05) is 24.7 Å². The lowest BCUT2D eigenvalue weighted by atomic mass is 9.93. The molecule has 0 bridgehead atoms. The Bertz CT molecular complexity index is 793. The second-order valence-electron chi connectivity index (χ2n) is 5.99. The van der Waals surface area contributed by atoms with Crippen molar-refractivity contribution < 1.29 is 9.59 Å². The topological polar surface area (TPSA) is 62.3 Å². The van der Waals surface area contributed by atoms with Gasteiger partial charge >= 0.3 is 0 Å². The number of hydrogen-bond acceptors (Lipinski definition) is 3. The van der Waals surface area contributed by atoms with Gasteiger partial charge in [0.25, 0.3) is 0 Å². The normalized spacial score (nSPS) is 20.3. The van der Waals surface area contributed by atoms with Gasteiger partial charge in [0.1, 0.15) is 0 Å². The van der Waals surface area contributed by atoms with Crippen molar-refractivity contribution in [1.29, 1.82) is 0 Å². The van der Waals surface area contributed by atoms with E-state index in [1.54, 1.807) is 36.5 Å². The monoisotopic (exact) mass is 343 g/mol. The molecule has 1 aliphatic rings. The Morgan fingerprint density at radius 1 is 1.38 bits per heavy atom. The molecule has 124 valence electrons. The summed E-state index contributed by atoms with van der Waals surface area (Å²) in [7, 11) is 1.72. The van der Waals surface area contributed by atoms with Crippen LogP contribution in [0.1, 0.15) is 23.6 Å². The quantitative estimate of drug-likeness (QED) is 0.930. The third kappa shape index (κ3) is 3.12. The molecule has 1 saturated heterocycles. The molecule has 0 saturated carbocycles. The van der Waals surface area contributed by atoms with Gasteiger partial charge in [-0.2, -0.15) is 0 Å². The highest BCUT2D eigenvalue weighted by atomic mass is 35.5. The average molecular weight is 344 g/mol. The van der Waals surface area contributed by atoms with E-state index in [0.717, 1.165) is 11.1 Å². The van der Waals surface area contributed by atoms with Crippen LogP contribution in [0.3, 0.4) is 0 Å². The molecule has 2 amide bonds. The van der Waals surface area contributed by atoms with Gasteiger partial charge in [-0.15, -0.1) is 0 Å². The fraction of sp³-hybridized carbons (Fsp3) is 0.278. The molecule has 24 heavy (non-hydrogen) atoms. The van der Waals surface area contributed by atoms with Gasteiger partial charge in [-0.05, 0) is 36.2 Å². The zero-order valence-electron chi connectivity index (χ0n) is 13.5. The molecule has 0 radical (unpaired) electrons. The Hall–Kier alpha value is -2.40. The second kappa shape index (κ2) is 6.61. The number of amides is 2. The molecule has 1 aliphatic heterocycles. The van der Waals surface area contributed by atoms with Crippen molar-refractivity contribution in [2.75, 3.05) is 12.4 Å². The third-order valence-corrected chi connectivity index (χ3v) is 4.65. The zero-order chi connectivity index (χ0) is 17.3. The number of nitrogens with zero attached hydrogens (tertiary/aromatic N) is 2. The highest BCUT2D eigenvalue weighted by molar-refractivity contribution is 6.30. The van der Waals surface area contributed by atoms with Crippen molar-refractivity contribution in [2.45, 2.75) is 19.4 Å². The van der Waals surface area contributed by atoms with Crippen LogP contribution in [0.5, 0.6) is 0 Å². The number of aryl methyl sites for hydroxylation is 1. The maximum absolute atomic E-state index is 12.8. The summed E-state index contributed by atoms with van der Waals surface area (Å²) in [4.78, 5) is 30.6. The smallest absolute Gasteiger partial charge is 0.230 e. The van der Waals surface area contributed by atoms with Gasteiger partial charge in [0.2, 0.25) is 11.8 Å². The summed E-state index contributed by atoms with van der Waals surface area (Å²) in [6, 6.07) is 8.80. The van der Waals surface area contributed by atoms with Crippen LogP contribution in [-0.2, 0) is 9.59 Å². The fourth-order valence-electron chi connectivity index (χ4n) is 3.07. The number of likely N-dealkylation sites (tertiary alicyclic amines) is 1. The lowest BCUT2D eigenvalue weighted by Crippen LogP contribution is -2.30. The molecule has 5 nitrogen and oxygen atoms in total. The van der Waals surface area contributed by atoms with E-state index in [0.29, 0.717) is 10.7 Å². The summed E-state index contributed by atoms with van der Waals surface area (Å²) in [6.07, 6.45) is 3.47. The fourth-order valence-corrected chi connectivity index (χ4v) is 3.27. The molecule has 1 aromatic heterocycles. The number of carbonyl (C=O) groups excluding carboxylic acids is 2. The second-order valence-corrected chi connectivity index (χ2v) is 6.43. The minimum Gasteiger partial charge on any atom is -0.338 e. The van der Waals surface area contributed by atoms with E-state index < -0.39 is 5.92 Å². The van der Waals surface area contributed by atoms with Crippen LogP contribution in [0.4, 0.5) is 5.69 Å². The highest BCUT2D eigenvalue weighted by Crippen LogP contribution is 2.38. The maximum atomic E-state index is 12.8. The first kappa shape index (κ1) is 16.5. The summed E-state index contributed by atoms with van der Waals surface area (Å²) >= 11 is 6.07. The largest absolute Gasteiger partial charge is 0.338 e. The summed E-state index contributed by atoms with van der Waals surface area (Å²) in [5.74, 6) is -0.711. The Morgan fingerprint density at radius 3 is 2.88 bits per heavy atom. The zero-order valence-corrected chi connectivity index (χ0v) is 14.2. The third-order valence-electron chi connectivity index (χ3n) is 4.41. The number of aromatic nitrogens is 1. The summed E-state index contributed by atoms with van der Waals surface area (Å²) in [6.45, 7) is 1.90. The number of carbonyl (C=O) groups is 2. The Kier molecular flexibility index (Phi) is 4.53. The van der Waals surface area contributed by atoms with E-state index in [1.165, 1.54) is 0 Å². The lowest BCUT2D eigenvalue weighted by molar-refractivity contribution is -0.127. The van der Waals surface area contributed by atoms with Crippen LogP contribution in [0.2, 0.25) is 5.02 Å². The number of halogens is 1. The molecule has 2 aromatic rings. The van der Waals surface area contributed by atoms with Gasteiger partial charge < -0.3 is 10.2 Å². The van der Waals surface area contributed by atoms with E-state index in [9.17, 15) is 9.59 Å². The molecule has 1 aromatic carbocycles. The first-order valence-corrected chi connectivity index (χ1v) is 8.08. The van der Waals surface area contributed by atoms with E-state index in [2.05, 4.69) is 10.3 Å². The molecule has 2 atom stereocenters. The van der Waals surface area contributed by atoms with Crippen LogP contribution in [-0.4, -0.2) is 28.7 Å². The molecule has 0 aliphatic carbocycles. The Labute approximate surface area is 145 Å². The van der Waals surface area contributed by atoms with E-state index in [4.69, 9.17) is 11.6 Å². The first-order chi connectivity index (χ1) is 11.5. The molecule has 1 N–H and O–H groups in total. The molecule has 6 heteroatoms. The van der Waals surface area contributed by atoms with E-state index in [1.807, 2.05) is 25.1 Å². The minimum absolute atomic E-state index is 0.0527. The van der Waals surface area contributed by atoms with Crippen molar-refractivity contribution >= 4 is 29.1 Å². The van der Waals surface area contributed by atoms with Crippen LogP contribution in [0, 0.1) is 12.8 Å². The molecular weight excluding hydrogens is 326 g/mol. The SMILES string of the molecule is Cc1ccncc1NC(=O)[C@@H]1CC(=O)N(C)[C@H]1c1cccc(Cl)c1. The van der Waals surface area contributed by atoms with Gasteiger partial charge in [-0.1, -0.05) is 23.7 Å². The Balaban J connectivity index is 1.89. The van der Waals surface area contributed by atoms with Gasteiger partial charge in [-0.3, -0.25) is 14.6 Å². The molecule has 3 rings (SSSR count). The minimum atomic E-state index is -0.472. The molecule has 1 fully saturated rings. The first-order valence-electron chi connectivity index (χ1n) is 7.70. The van der Waals surface area contributed by atoms with Crippen molar-refractivity contribution in [3.05, 3.63) is 58.9 Å². The van der Waals surface area contributed by atoms with Crippen molar-refractivity contribution in [3.8, 4) is 0 Å². The number of anilines is 1. The standard InChI is InChI=1S/C18H18ClN3O2/c1-11-6-7-20-10-15(11)21-18(24)14-9-16(23)22(2)17(14)12-4-3-5-13(19)8-12/h3-8,10,14,17H,9H2,1-2H3,(H,21,24)/t14-,17+/m1/s1. The van der Waals surface area contributed by atoms with E-state index >= 15 is 0 Å². The number of nitrogens with one attached hydrogen (secondary N) is 1. The maximum Gasteiger partial charge on any atom is 0.230 e. The summed E-state index contributed by atoms with van der Waals surface area (Å²) < 4.78 is 0. The number of hydrogen-bond donors (Lipinski definition) is 1. The van der Waals surface area contributed by atoms with Gasteiger partial charge in [-0.25, -0.2) is 0 Å². The van der Waals surface area contributed by atoms with Crippen LogP contribution in [0.15, 0.2) is 42.7 Å². The summed E-state index contributed by atoms with van der Waals surface area (Å²) in [5.41, 5.74) is 2.45. The Morgan fingerprint density at radius 2 is 2.17 bits per heavy atom.